The van der Waals surface area contributed by atoms with Crippen molar-refractivity contribution < 1.29 is 14.3 Å². The summed E-state index contributed by atoms with van der Waals surface area (Å²) < 4.78 is 12.5. The standard InChI is InChI=1S/C21H22ClN5O3S/c1-4-17-24-25-21-27(17)26-18(12-9-10-15(29-2)13(22)11-12)19(31-21)20(28)23-14-7-5-6-8-16(14)30-3/h5-11,18-19,26H,4H2,1-3H3,(H,23,28). The Morgan fingerprint density at radius 1 is 1.19 bits per heavy atom. The van der Waals surface area contributed by atoms with E-state index in [2.05, 4.69) is 20.9 Å². The first-order valence-electron chi connectivity index (χ1n) is 9.70. The number of hydrogen-bond donors (Lipinski definition) is 2. The first kappa shape index (κ1) is 21.3. The summed E-state index contributed by atoms with van der Waals surface area (Å²) in [5, 5.41) is 12.0. The van der Waals surface area contributed by atoms with Crippen molar-refractivity contribution in [1.29, 1.82) is 0 Å². The smallest absolute Gasteiger partial charge is 0.240 e. The third-order valence-electron chi connectivity index (χ3n) is 4.98. The topological polar surface area (TPSA) is 90.3 Å². The first-order valence-corrected chi connectivity index (χ1v) is 11.0. The molecule has 0 saturated carbocycles. The van der Waals surface area contributed by atoms with Gasteiger partial charge < -0.3 is 20.2 Å². The lowest BCUT2D eigenvalue weighted by Gasteiger charge is -2.33. The summed E-state index contributed by atoms with van der Waals surface area (Å²) in [6.07, 6.45) is 0.703. The van der Waals surface area contributed by atoms with E-state index in [1.165, 1.54) is 11.8 Å². The van der Waals surface area contributed by atoms with E-state index in [4.69, 9.17) is 21.1 Å². The lowest BCUT2D eigenvalue weighted by Crippen LogP contribution is -2.41. The van der Waals surface area contributed by atoms with Gasteiger partial charge in [-0.25, -0.2) is 4.68 Å². The number of rotatable bonds is 6. The number of aryl methyl sites for hydroxylation is 1. The fraction of sp³-hybridized carbons (Fsp3) is 0.286. The van der Waals surface area contributed by atoms with Crippen molar-refractivity contribution >= 4 is 35.0 Å². The molecule has 2 heterocycles. The Morgan fingerprint density at radius 2 is 1.97 bits per heavy atom. The van der Waals surface area contributed by atoms with E-state index < -0.39 is 5.25 Å². The van der Waals surface area contributed by atoms with Crippen molar-refractivity contribution in [3.63, 3.8) is 0 Å². The summed E-state index contributed by atoms with van der Waals surface area (Å²) in [7, 11) is 3.13. The van der Waals surface area contributed by atoms with E-state index >= 15 is 0 Å². The number of carbonyl (C=O) groups excluding carboxylic acids is 1. The van der Waals surface area contributed by atoms with Crippen LogP contribution in [0.3, 0.4) is 0 Å². The Balaban J connectivity index is 1.70. The average molecular weight is 460 g/mol. The third-order valence-corrected chi connectivity index (χ3v) is 6.49. The van der Waals surface area contributed by atoms with Gasteiger partial charge in [-0.3, -0.25) is 4.79 Å². The first-order chi connectivity index (χ1) is 15.0. The van der Waals surface area contributed by atoms with Crippen LogP contribution in [0.1, 0.15) is 24.4 Å². The molecular formula is C21H22ClN5O3S. The number of benzene rings is 2. The molecule has 0 aliphatic carbocycles. The second-order valence-corrected chi connectivity index (χ2v) is 8.33. The number of anilines is 1. The Morgan fingerprint density at radius 3 is 2.68 bits per heavy atom. The van der Waals surface area contributed by atoms with Gasteiger partial charge in [0, 0.05) is 6.42 Å². The van der Waals surface area contributed by atoms with Crippen LogP contribution in [0.4, 0.5) is 5.69 Å². The quantitative estimate of drug-likeness (QED) is 0.577. The van der Waals surface area contributed by atoms with Gasteiger partial charge in [0.15, 0.2) is 5.82 Å². The highest BCUT2D eigenvalue weighted by Gasteiger charge is 2.38. The van der Waals surface area contributed by atoms with E-state index in [-0.39, 0.29) is 11.9 Å². The number of para-hydroxylation sites is 2. The molecule has 31 heavy (non-hydrogen) atoms. The second-order valence-electron chi connectivity index (χ2n) is 6.82. The van der Waals surface area contributed by atoms with Crippen molar-refractivity contribution in [2.75, 3.05) is 25.0 Å². The summed E-state index contributed by atoms with van der Waals surface area (Å²) in [6, 6.07) is 12.4. The van der Waals surface area contributed by atoms with Crippen molar-refractivity contribution in [3.05, 3.63) is 58.9 Å². The number of carbonyl (C=O) groups is 1. The van der Waals surface area contributed by atoms with Crippen molar-refractivity contribution in [3.8, 4) is 11.5 Å². The molecule has 1 aromatic heterocycles. The number of nitrogens with zero attached hydrogens (tertiary/aromatic N) is 3. The number of hydrogen-bond acceptors (Lipinski definition) is 7. The molecule has 3 aromatic rings. The molecule has 1 amide bonds. The summed E-state index contributed by atoms with van der Waals surface area (Å²) in [4.78, 5) is 13.4. The predicted molar refractivity (Wildman–Crippen MR) is 121 cm³/mol. The summed E-state index contributed by atoms with van der Waals surface area (Å²) >= 11 is 7.73. The van der Waals surface area contributed by atoms with Gasteiger partial charge in [0.25, 0.3) is 0 Å². The summed E-state index contributed by atoms with van der Waals surface area (Å²) in [6.45, 7) is 2.00. The van der Waals surface area contributed by atoms with Crippen molar-refractivity contribution in [2.24, 2.45) is 0 Å². The molecule has 8 nitrogen and oxygen atoms in total. The number of halogens is 1. The highest BCUT2D eigenvalue weighted by Crippen LogP contribution is 2.39. The molecule has 2 aromatic carbocycles. The number of nitrogens with one attached hydrogen (secondary N) is 2. The lowest BCUT2D eigenvalue weighted by molar-refractivity contribution is -0.116. The van der Waals surface area contributed by atoms with Crippen LogP contribution in [-0.2, 0) is 11.2 Å². The number of amides is 1. The van der Waals surface area contributed by atoms with E-state index in [1.54, 1.807) is 32.4 Å². The molecule has 162 valence electrons. The van der Waals surface area contributed by atoms with Gasteiger partial charge in [-0.1, -0.05) is 48.5 Å². The minimum absolute atomic E-state index is 0.189. The third kappa shape index (κ3) is 4.15. The van der Waals surface area contributed by atoms with Crippen LogP contribution in [0.5, 0.6) is 11.5 Å². The molecule has 0 saturated heterocycles. The van der Waals surface area contributed by atoms with Gasteiger partial charge in [0.2, 0.25) is 11.1 Å². The molecule has 0 fully saturated rings. The highest BCUT2D eigenvalue weighted by atomic mass is 35.5. The maximum absolute atomic E-state index is 13.4. The fourth-order valence-corrected chi connectivity index (χ4v) is 4.77. The Kier molecular flexibility index (Phi) is 6.24. The number of aromatic nitrogens is 3. The lowest BCUT2D eigenvalue weighted by atomic mass is 10.0. The van der Waals surface area contributed by atoms with Gasteiger partial charge >= 0.3 is 0 Å². The second kappa shape index (κ2) is 9.07. The summed E-state index contributed by atoms with van der Waals surface area (Å²) in [5.41, 5.74) is 4.85. The van der Waals surface area contributed by atoms with Crippen LogP contribution in [-0.4, -0.2) is 40.3 Å². The normalized spacial score (nSPS) is 17.4. The van der Waals surface area contributed by atoms with Crippen molar-refractivity contribution in [1.82, 2.24) is 14.9 Å². The minimum atomic E-state index is -0.532. The molecule has 0 spiro atoms. The van der Waals surface area contributed by atoms with Gasteiger partial charge in [-0.05, 0) is 29.8 Å². The monoisotopic (exact) mass is 459 g/mol. The van der Waals surface area contributed by atoms with Gasteiger partial charge in [0.1, 0.15) is 16.7 Å². The van der Waals surface area contributed by atoms with E-state index in [0.717, 1.165) is 11.4 Å². The largest absolute Gasteiger partial charge is 0.495 e. The van der Waals surface area contributed by atoms with E-state index in [9.17, 15) is 4.79 Å². The molecule has 10 heteroatoms. The maximum atomic E-state index is 13.4. The minimum Gasteiger partial charge on any atom is -0.495 e. The Bertz CT molecular complexity index is 1110. The zero-order valence-corrected chi connectivity index (χ0v) is 18.8. The van der Waals surface area contributed by atoms with Crippen LogP contribution < -0.4 is 20.2 Å². The van der Waals surface area contributed by atoms with E-state index in [0.29, 0.717) is 33.8 Å². The SMILES string of the molecule is CCc1nnc2n1NC(c1ccc(OC)c(Cl)c1)C(C(=O)Nc1ccccc1OC)S2. The molecule has 1 aliphatic heterocycles. The van der Waals surface area contributed by atoms with Crippen LogP contribution in [0.15, 0.2) is 47.6 Å². The Hall–Kier alpha value is -2.91. The van der Waals surface area contributed by atoms with Crippen LogP contribution in [0.25, 0.3) is 0 Å². The van der Waals surface area contributed by atoms with E-state index in [1.807, 2.05) is 35.9 Å². The number of thioether (sulfide) groups is 1. The maximum Gasteiger partial charge on any atom is 0.240 e. The van der Waals surface area contributed by atoms with Gasteiger partial charge in [-0.2, -0.15) is 0 Å². The average Bonchev–Trinajstić information content (AvgIpc) is 3.20. The summed E-state index contributed by atoms with van der Waals surface area (Å²) in [5.74, 6) is 1.76. The molecule has 2 N–H and O–H groups in total. The number of fused-ring (bicyclic) bond motifs is 1. The molecule has 0 radical (unpaired) electrons. The highest BCUT2D eigenvalue weighted by molar-refractivity contribution is 8.00. The molecule has 2 unspecified atom stereocenters. The van der Waals surface area contributed by atoms with Crippen LogP contribution >= 0.6 is 23.4 Å². The van der Waals surface area contributed by atoms with Crippen LogP contribution in [0, 0.1) is 0 Å². The van der Waals surface area contributed by atoms with Gasteiger partial charge in [0.05, 0.1) is 31.0 Å². The number of ether oxygens (including phenoxy) is 2. The predicted octanol–water partition coefficient (Wildman–Crippen LogP) is 3.91. The number of methoxy groups -OCH3 is 2. The molecular weight excluding hydrogens is 438 g/mol. The van der Waals surface area contributed by atoms with Crippen LogP contribution in [0.2, 0.25) is 5.02 Å². The molecule has 4 rings (SSSR count). The zero-order chi connectivity index (χ0) is 22.0. The Labute approximate surface area is 189 Å². The fourth-order valence-electron chi connectivity index (χ4n) is 3.41. The van der Waals surface area contributed by atoms with Crippen molar-refractivity contribution in [2.45, 2.75) is 29.8 Å². The van der Waals surface area contributed by atoms with Gasteiger partial charge in [-0.15, -0.1) is 10.2 Å². The zero-order valence-electron chi connectivity index (χ0n) is 17.3. The molecule has 0 bridgehead atoms. The molecule has 1 aliphatic rings. The molecule has 2 atom stereocenters.